The molecule has 0 spiro atoms. The highest BCUT2D eigenvalue weighted by Gasteiger charge is 2.29. The van der Waals surface area contributed by atoms with Gasteiger partial charge in [-0.2, -0.15) is 4.31 Å². The molecule has 9 nitrogen and oxygen atoms in total. The number of methoxy groups -OCH3 is 1. The van der Waals surface area contributed by atoms with Gasteiger partial charge in [-0.25, -0.2) is 13.4 Å². The molecule has 40 heavy (non-hydrogen) atoms. The van der Waals surface area contributed by atoms with Gasteiger partial charge in [0.1, 0.15) is 11.3 Å². The number of hydrogen-bond acceptors (Lipinski definition) is 8. The van der Waals surface area contributed by atoms with E-state index >= 15 is 0 Å². The SMILES string of the molecule is COc1ccc(C)c2sc(N3CCN(CCNC(=O)c4ccc(S(=O)(=O)N(C)C5CCCCC5)cc4)CC3)nc12. The predicted molar refractivity (Wildman–Crippen MR) is 160 cm³/mol. The molecule has 0 atom stereocenters. The first-order valence-corrected chi connectivity index (χ1v) is 16.3. The zero-order valence-corrected chi connectivity index (χ0v) is 25.2. The normalized spacial score (nSPS) is 17.4. The van der Waals surface area contributed by atoms with Crippen LogP contribution < -0.4 is 15.0 Å². The van der Waals surface area contributed by atoms with Gasteiger partial charge >= 0.3 is 0 Å². The second kappa shape index (κ2) is 12.4. The fourth-order valence-corrected chi connectivity index (χ4v) is 8.10. The van der Waals surface area contributed by atoms with Gasteiger partial charge in [-0.15, -0.1) is 0 Å². The van der Waals surface area contributed by atoms with Crippen molar-refractivity contribution in [3.05, 3.63) is 47.5 Å². The molecule has 2 aromatic carbocycles. The molecule has 1 aliphatic heterocycles. The lowest BCUT2D eigenvalue weighted by atomic mass is 9.96. The zero-order valence-electron chi connectivity index (χ0n) is 23.6. The van der Waals surface area contributed by atoms with Gasteiger partial charge in [0.15, 0.2) is 5.13 Å². The van der Waals surface area contributed by atoms with E-state index in [1.165, 1.54) is 21.0 Å². The molecular weight excluding hydrogens is 546 g/mol. The number of thiazole rings is 1. The van der Waals surface area contributed by atoms with E-state index in [4.69, 9.17) is 9.72 Å². The standard InChI is InChI=1S/C29H39N5O4S2/c1-21-9-14-25(38-3)26-27(21)39-29(31-26)34-19-17-33(18-20-34)16-15-30-28(35)22-10-12-24(13-11-22)40(36,37)32(2)23-7-5-4-6-8-23/h9-14,23H,4-8,15-20H2,1-3H3,(H,30,35). The Hall–Kier alpha value is -2.73. The van der Waals surface area contributed by atoms with Crippen LogP contribution >= 0.6 is 11.3 Å². The number of ether oxygens (including phenoxy) is 1. The lowest BCUT2D eigenvalue weighted by Crippen LogP contribution is -2.48. The Morgan fingerprint density at radius 3 is 2.45 bits per heavy atom. The van der Waals surface area contributed by atoms with Gasteiger partial charge in [-0.1, -0.05) is 36.7 Å². The summed E-state index contributed by atoms with van der Waals surface area (Å²) in [6.07, 6.45) is 5.12. The number of hydrogen-bond donors (Lipinski definition) is 1. The van der Waals surface area contributed by atoms with Crippen LogP contribution in [0, 0.1) is 6.92 Å². The minimum Gasteiger partial charge on any atom is -0.494 e. The van der Waals surface area contributed by atoms with Crippen molar-refractivity contribution in [2.24, 2.45) is 0 Å². The van der Waals surface area contributed by atoms with Crippen LogP contribution in [0.4, 0.5) is 5.13 Å². The minimum atomic E-state index is -3.57. The van der Waals surface area contributed by atoms with Gasteiger partial charge in [0, 0.05) is 57.9 Å². The molecule has 1 saturated heterocycles. The Labute approximate surface area is 241 Å². The molecule has 216 valence electrons. The zero-order chi connectivity index (χ0) is 28.3. The molecule has 1 N–H and O–H groups in total. The van der Waals surface area contributed by atoms with E-state index in [9.17, 15) is 13.2 Å². The van der Waals surface area contributed by atoms with Gasteiger partial charge in [-0.05, 0) is 55.7 Å². The van der Waals surface area contributed by atoms with Gasteiger partial charge < -0.3 is 15.0 Å². The van der Waals surface area contributed by atoms with Crippen LogP contribution in [-0.4, -0.2) is 88.0 Å². The number of amides is 1. The summed E-state index contributed by atoms with van der Waals surface area (Å²) in [4.78, 5) is 22.5. The number of aryl methyl sites for hydroxylation is 1. The summed E-state index contributed by atoms with van der Waals surface area (Å²) in [6.45, 7) is 6.92. The second-order valence-electron chi connectivity index (χ2n) is 10.7. The Balaban J connectivity index is 1.09. The summed E-state index contributed by atoms with van der Waals surface area (Å²) < 4.78 is 34.3. The van der Waals surface area contributed by atoms with Crippen molar-refractivity contribution < 1.29 is 17.9 Å². The molecule has 1 aromatic heterocycles. The largest absolute Gasteiger partial charge is 0.494 e. The van der Waals surface area contributed by atoms with Crippen molar-refractivity contribution >= 4 is 42.6 Å². The number of rotatable bonds is 9. The van der Waals surface area contributed by atoms with Crippen LogP contribution in [0.15, 0.2) is 41.3 Å². The average Bonchev–Trinajstić information content (AvgIpc) is 3.44. The summed E-state index contributed by atoms with van der Waals surface area (Å²) in [6, 6.07) is 10.4. The summed E-state index contributed by atoms with van der Waals surface area (Å²) in [5.41, 5.74) is 2.59. The molecule has 0 bridgehead atoms. The molecule has 11 heteroatoms. The first-order valence-electron chi connectivity index (χ1n) is 14.1. The van der Waals surface area contributed by atoms with Crippen molar-refractivity contribution in [2.75, 3.05) is 58.3 Å². The molecule has 1 aliphatic carbocycles. The van der Waals surface area contributed by atoms with E-state index in [1.807, 2.05) is 6.07 Å². The number of carbonyl (C=O) groups is 1. The monoisotopic (exact) mass is 585 g/mol. The average molecular weight is 586 g/mol. The molecule has 1 amide bonds. The van der Waals surface area contributed by atoms with Crippen molar-refractivity contribution in [3.63, 3.8) is 0 Å². The number of anilines is 1. The Morgan fingerprint density at radius 1 is 1.07 bits per heavy atom. The third-order valence-electron chi connectivity index (χ3n) is 8.15. The lowest BCUT2D eigenvalue weighted by molar-refractivity contribution is 0.0947. The maximum absolute atomic E-state index is 13.1. The van der Waals surface area contributed by atoms with Crippen LogP contribution in [0.25, 0.3) is 10.2 Å². The van der Waals surface area contributed by atoms with E-state index in [2.05, 4.69) is 28.1 Å². The smallest absolute Gasteiger partial charge is 0.251 e. The van der Waals surface area contributed by atoms with Crippen molar-refractivity contribution in [2.45, 2.75) is 50.0 Å². The van der Waals surface area contributed by atoms with Gasteiger partial charge in [-0.3, -0.25) is 9.69 Å². The number of sulfonamides is 1. The highest BCUT2D eigenvalue weighted by atomic mass is 32.2. The fourth-order valence-electron chi connectivity index (χ4n) is 5.58. The highest BCUT2D eigenvalue weighted by molar-refractivity contribution is 7.89. The maximum Gasteiger partial charge on any atom is 0.251 e. The Morgan fingerprint density at radius 2 is 1.77 bits per heavy atom. The molecule has 0 unspecified atom stereocenters. The molecule has 5 rings (SSSR count). The topological polar surface area (TPSA) is 95.1 Å². The molecule has 2 fully saturated rings. The first-order chi connectivity index (χ1) is 19.3. The van der Waals surface area contributed by atoms with Crippen molar-refractivity contribution in [1.29, 1.82) is 0 Å². The Bertz CT molecular complexity index is 1430. The summed E-state index contributed by atoms with van der Waals surface area (Å²) >= 11 is 1.71. The number of benzene rings is 2. The van der Waals surface area contributed by atoms with E-state index in [0.717, 1.165) is 74.8 Å². The van der Waals surface area contributed by atoms with Crippen molar-refractivity contribution in [3.8, 4) is 5.75 Å². The molecule has 3 aromatic rings. The number of carbonyl (C=O) groups excluding carboxylic acids is 1. The summed E-state index contributed by atoms with van der Waals surface area (Å²) in [5.74, 6) is 0.613. The number of nitrogens with one attached hydrogen (secondary N) is 1. The predicted octanol–water partition coefficient (Wildman–Crippen LogP) is 4.12. The quantitative estimate of drug-likeness (QED) is 0.404. The van der Waals surface area contributed by atoms with Crippen LogP contribution in [0.2, 0.25) is 0 Å². The molecule has 2 heterocycles. The first kappa shape index (κ1) is 28.8. The van der Waals surface area contributed by atoms with Gasteiger partial charge in [0.25, 0.3) is 5.91 Å². The summed E-state index contributed by atoms with van der Waals surface area (Å²) in [7, 11) is -0.222. The second-order valence-corrected chi connectivity index (χ2v) is 13.7. The molecule has 1 saturated carbocycles. The third-order valence-corrected chi connectivity index (χ3v) is 11.3. The molecule has 0 radical (unpaired) electrons. The van der Waals surface area contributed by atoms with E-state index in [1.54, 1.807) is 49.8 Å². The number of aromatic nitrogens is 1. The Kier molecular flexibility index (Phi) is 8.94. The minimum absolute atomic E-state index is 0.0532. The highest BCUT2D eigenvalue weighted by Crippen LogP contribution is 2.36. The van der Waals surface area contributed by atoms with Gasteiger partial charge in [0.05, 0.1) is 16.7 Å². The van der Waals surface area contributed by atoms with E-state index < -0.39 is 10.0 Å². The molecular formula is C29H39N5O4S2. The lowest BCUT2D eigenvalue weighted by Gasteiger charge is -2.34. The third kappa shape index (κ3) is 6.12. The van der Waals surface area contributed by atoms with Crippen LogP contribution in [-0.2, 0) is 10.0 Å². The van der Waals surface area contributed by atoms with Crippen LogP contribution in [0.1, 0.15) is 48.0 Å². The summed E-state index contributed by atoms with van der Waals surface area (Å²) in [5, 5.41) is 4.00. The van der Waals surface area contributed by atoms with Crippen LogP contribution in [0.3, 0.4) is 0 Å². The van der Waals surface area contributed by atoms with E-state index in [-0.39, 0.29) is 16.8 Å². The number of fused-ring (bicyclic) bond motifs is 1. The van der Waals surface area contributed by atoms with Gasteiger partial charge in [0.2, 0.25) is 10.0 Å². The molecule has 2 aliphatic rings. The number of nitrogens with zero attached hydrogens (tertiary/aromatic N) is 4. The van der Waals surface area contributed by atoms with Crippen molar-refractivity contribution in [1.82, 2.24) is 19.5 Å². The maximum atomic E-state index is 13.1. The fraction of sp³-hybridized carbons (Fsp3) is 0.517. The van der Waals surface area contributed by atoms with E-state index in [0.29, 0.717) is 12.1 Å². The number of piperazine rings is 1. The van der Waals surface area contributed by atoms with Crippen LogP contribution in [0.5, 0.6) is 5.75 Å².